The number of ether oxygens (including phenoxy) is 1. The third-order valence-electron chi connectivity index (χ3n) is 5.31. The molecule has 1 aliphatic heterocycles. The van der Waals surface area contributed by atoms with Gasteiger partial charge in [0.15, 0.2) is 11.6 Å². The van der Waals surface area contributed by atoms with Gasteiger partial charge in [0, 0.05) is 25.4 Å². The fourth-order valence-electron chi connectivity index (χ4n) is 3.74. The molecular weight excluding hydrogens is 381 g/mol. The van der Waals surface area contributed by atoms with Crippen LogP contribution >= 0.6 is 11.6 Å². The number of nitrogens with zero attached hydrogens (tertiary/aromatic N) is 3. The van der Waals surface area contributed by atoms with Crippen molar-refractivity contribution in [1.29, 1.82) is 0 Å². The van der Waals surface area contributed by atoms with Gasteiger partial charge in [-0.2, -0.15) is 5.10 Å². The van der Waals surface area contributed by atoms with Crippen LogP contribution in [0.3, 0.4) is 0 Å². The number of piperidine rings is 1. The van der Waals surface area contributed by atoms with E-state index in [4.69, 9.17) is 16.3 Å². The molecule has 0 aliphatic carbocycles. The third-order valence-corrected chi connectivity index (χ3v) is 5.85. The SMILES string of the molecule is Cc1nn([C@@H](C)CC(=O)N2CCC[C@H](COc3ccccc3F)C2)c(C)c1Cl. The van der Waals surface area contributed by atoms with Crippen molar-refractivity contribution in [1.82, 2.24) is 14.7 Å². The summed E-state index contributed by atoms with van der Waals surface area (Å²) in [7, 11) is 0. The van der Waals surface area contributed by atoms with Gasteiger partial charge in [-0.25, -0.2) is 4.39 Å². The average molecular weight is 408 g/mol. The van der Waals surface area contributed by atoms with Gasteiger partial charge in [-0.3, -0.25) is 9.48 Å². The van der Waals surface area contributed by atoms with Crippen LogP contribution in [0.5, 0.6) is 5.75 Å². The lowest BCUT2D eigenvalue weighted by Gasteiger charge is -2.33. The third kappa shape index (κ3) is 4.66. The van der Waals surface area contributed by atoms with Crippen molar-refractivity contribution in [3.8, 4) is 5.75 Å². The molecule has 1 fully saturated rings. The van der Waals surface area contributed by atoms with Crippen LogP contribution < -0.4 is 4.74 Å². The maximum atomic E-state index is 13.7. The van der Waals surface area contributed by atoms with E-state index in [0.29, 0.717) is 24.6 Å². The van der Waals surface area contributed by atoms with Gasteiger partial charge in [0.05, 0.1) is 29.1 Å². The number of likely N-dealkylation sites (tertiary alicyclic amines) is 1. The Bertz CT molecular complexity index is 839. The highest BCUT2D eigenvalue weighted by Gasteiger charge is 2.26. The Hall–Kier alpha value is -2.08. The van der Waals surface area contributed by atoms with Crippen LogP contribution in [0.1, 0.15) is 43.6 Å². The lowest BCUT2D eigenvalue weighted by Crippen LogP contribution is -2.42. The summed E-state index contributed by atoms with van der Waals surface area (Å²) < 4.78 is 21.2. The average Bonchev–Trinajstić information content (AvgIpc) is 2.95. The lowest BCUT2D eigenvalue weighted by atomic mass is 9.98. The lowest BCUT2D eigenvalue weighted by molar-refractivity contribution is -0.134. The van der Waals surface area contributed by atoms with E-state index in [9.17, 15) is 9.18 Å². The van der Waals surface area contributed by atoms with E-state index in [1.54, 1.807) is 18.2 Å². The highest BCUT2D eigenvalue weighted by molar-refractivity contribution is 6.31. The normalized spacial score (nSPS) is 18.2. The largest absolute Gasteiger partial charge is 0.490 e. The van der Waals surface area contributed by atoms with Gasteiger partial charge in [-0.1, -0.05) is 23.7 Å². The Morgan fingerprint density at radius 1 is 1.39 bits per heavy atom. The second-order valence-corrected chi connectivity index (χ2v) is 7.95. The molecule has 2 heterocycles. The number of hydrogen-bond acceptors (Lipinski definition) is 3. The number of aryl methyl sites for hydroxylation is 1. The topological polar surface area (TPSA) is 47.4 Å². The van der Waals surface area contributed by atoms with Gasteiger partial charge in [0.25, 0.3) is 0 Å². The summed E-state index contributed by atoms with van der Waals surface area (Å²) in [5.74, 6) is 0.215. The summed E-state index contributed by atoms with van der Waals surface area (Å²) in [6, 6.07) is 6.34. The Labute approximate surface area is 170 Å². The highest BCUT2D eigenvalue weighted by atomic mass is 35.5. The molecule has 0 bridgehead atoms. The minimum absolute atomic E-state index is 0.0614. The molecule has 7 heteroatoms. The molecule has 1 aromatic carbocycles. The molecule has 0 radical (unpaired) electrons. The van der Waals surface area contributed by atoms with E-state index in [2.05, 4.69) is 5.10 Å². The molecule has 1 aromatic heterocycles. The van der Waals surface area contributed by atoms with Crippen molar-refractivity contribution in [3.05, 3.63) is 46.5 Å². The van der Waals surface area contributed by atoms with Crippen LogP contribution in [0.2, 0.25) is 5.02 Å². The van der Waals surface area contributed by atoms with Crippen LogP contribution in [0.4, 0.5) is 4.39 Å². The van der Waals surface area contributed by atoms with Crippen LogP contribution in [0.25, 0.3) is 0 Å². The molecule has 1 aliphatic rings. The van der Waals surface area contributed by atoms with Gasteiger partial charge < -0.3 is 9.64 Å². The van der Waals surface area contributed by atoms with Crippen molar-refractivity contribution in [2.45, 2.75) is 46.1 Å². The summed E-state index contributed by atoms with van der Waals surface area (Å²) in [6.45, 7) is 7.56. The zero-order valence-corrected chi connectivity index (χ0v) is 17.4. The molecule has 28 heavy (non-hydrogen) atoms. The molecule has 0 N–H and O–H groups in total. The Kier molecular flexibility index (Phi) is 6.60. The molecule has 1 amide bonds. The summed E-state index contributed by atoms with van der Waals surface area (Å²) in [6.07, 6.45) is 2.27. The van der Waals surface area contributed by atoms with Crippen molar-refractivity contribution >= 4 is 17.5 Å². The first kappa shape index (κ1) is 20.6. The first-order chi connectivity index (χ1) is 13.4. The number of carbonyl (C=O) groups is 1. The minimum atomic E-state index is -0.358. The van der Waals surface area contributed by atoms with E-state index < -0.39 is 0 Å². The Morgan fingerprint density at radius 2 is 2.14 bits per heavy atom. The summed E-state index contributed by atoms with van der Waals surface area (Å²) in [5.41, 5.74) is 1.66. The van der Waals surface area contributed by atoms with Gasteiger partial charge >= 0.3 is 0 Å². The van der Waals surface area contributed by atoms with Crippen LogP contribution in [0.15, 0.2) is 24.3 Å². The second kappa shape index (κ2) is 8.95. The highest BCUT2D eigenvalue weighted by Crippen LogP contribution is 2.25. The van der Waals surface area contributed by atoms with Crippen molar-refractivity contribution < 1.29 is 13.9 Å². The minimum Gasteiger partial charge on any atom is -0.490 e. The molecule has 2 atom stereocenters. The van der Waals surface area contributed by atoms with Gasteiger partial charge in [0.1, 0.15) is 0 Å². The standard InChI is InChI=1S/C21H27ClFN3O2/c1-14(26-16(3)21(22)15(2)24-26)11-20(27)25-10-6-7-17(12-25)13-28-19-9-5-4-8-18(19)23/h4-5,8-9,14,17H,6-7,10-13H2,1-3H3/t14-,17-/m0/s1. The molecule has 0 unspecified atom stereocenters. The molecule has 5 nitrogen and oxygen atoms in total. The smallest absolute Gasteiger partial charge is 0.224 e. The zero-order chi connectivity index (χ0) is 20.3. The van der Waals surface area contributed by atoms with E-state index in [1.807, 2.05) is 30.4 Å². The number of rotatable bonds is 6. The van der Waals surface area contributed by atoms with Gasteiger partial charge in [-0.05, 0) is 45.7 Å². The molecule has 1 saturated heterocycles. The summed E-state index contributed by atoms with van der Waals surface area (Å²) >= 11 is 6.22. The molecular formula is C21H27ClFN3O2. The fraction of sp³-hybridized carbons (Fsp3) is 0.524. The number of amides is 1. The Balaban J connectivity index is 1.55. The summed E-state index contributed by atoms with van der Waals surface area (Å²) in [5, 5.41) is 5.11. The van der Waals surface area contributed by atoms with Crippen molar-refractivity contribution in [2.75, 3.05) is 19.7 Å². The van der Waals surface area contributed by atoms with E-state index >= 15 is 0 Å². The predicted molar refractivity (Wildman–Crippen MR) is 107 cm³/mol. The zero-order valence-electron chi connectivity index (χ0n) is 16.6. The predicted octanol–water partition coefficient (Wildman–Crippen LogP) is 4.56. The number of hydrogen-bond donors (Lipinski definition) is 0. The number of carbonyl (C=O) groups excluding carboxylic acids is 1. The maximum absolute atomic E-state index is 13.7. The first-order valence-corrected chi connectivity index (χ1v) is 10.1. The maximum Gasteiger partial charge on any atom is 0.224 e. The van der Waals surface area contributed by atoms with Crippen molar-refractivity contribution in [3.63, 3.8) is 0 Å². The fourth-order valence-corrected chi connectivity index (χ4v) is 3.86. The summed E-state index contributed by atoms with van der Waals surface area (Å²) in [4.78, 5) is 14.7. The van der Waals surface area contributed by atoms with Crippen molar-refractivity contribution in [2.24, 2.45) is 5.92 Å². The van der Waals surface area contributed by atoms with Crippen LogP contribution in [0, 0.1) is 25.6 Å². The number of para-hydroxylation sites is 1. The number of aromatic nitrogens is 2. The number of benzene rings is 1. The Morgan fingerprint density at radius 3 is 2.82 bits per heavy atom. The number of halogens is 2. The van der Waals surface area contributed by atoms with E-state index in [-0.39, 0.29) is 29.4 Å². The monoisotopic (exact) mass is 407 g/mol. The van der Waals surface area contributed by atoms with Gasteiger partial charge in [-0.15, -0.1) is 0 Å². The quantitative estimate of drug-likeness (QED) is 0.705. The van der Waals surface area contributed by atoms with E-state index in [1.165, 1.54) is 6.07 Å². The van der Waals surface area contributed by atoms with Gasteiger partial charge in [0.2, 0.25) is 5.91 Å². The molecule has 152 valence electrons. The second-order valence-electron chi connectivity index (χ2n) is 7.57. The molecule has 0 spiro atoms. The molecule has 2 aromatic rings. The molecule has 0 saturated carbocycles. The molecule has 3 rings (SSSR count). The van der Waals surface area contributed by atoms with Crippen LogP contribution in [-0.4, -0.2) is 40.3 Å². The van der Waals surface area contributed by atoms with Crippen LogP contribution in [-0.2, 0) is 4.79 Å². The first-order valence-electron chi connectivity index (χ1n) is 9.73. The van der Waals surface area contributed by atoms with E-state index in [0.717, 1.165) is 30.8 Å².